The van der Waals surface area contributed by atoms with Crippen molar-refractivity contribution in [2.24, 2.45) is 0 Å². The molecule has 1 aliphatic heterocycles. The SMILES string of the molecule is CCOCCN(CCOCC)C(=O)c1csc(Nc2cc(C)nc([C@@H]3CCCN(CC#N)C3)n2)n1. The summed E-state index contributed by atoms with van der Waals surface area (Å²) in [7, 11) is 0. The average Bonchev–Trinajstić information content (AvgIpc) is 3.31. The summed E-state index contributed by atoms with van der Waals surface area (Å²) in [6.45, 7) is 11.1. The highest BCUT2D eigenvalue weighted by molar-refractivity contribution is 7.14. The first-order valence-corrected chi connectivity index (χ1v) is 13.0. The second-order valence-electron chi connectivity index (χ2n) is 8.33. The van der Waals surface area contributed by atoms with E-state index in [1.54, 1.807) is 10.3 Å². The summed E-state index contributed by atoms with van der Waals surface area (Å²) in [6.07, 6.45) is 2.02. The number of nitrogens with zero attached hydrogens (tertiary/aromatic N) is 6. The number of carbonyl (C=O) groups excluding carboxylic acids is 1. The third-order valence-electron chi connectivity index (χ3n) is 5.70. The van der Waals surface area contributed by atoms with Gasteiger partial charge in [0.25, 0.3) is 5.91 Å². The monoisotopic (exact) mass is 501 g/mol. The van der Waals surface area contributed by atoms with Gasteiger partial charge in [0.15, 0.2) is 5.13 Å². The van der Waals surface area contributed by atoms with Crippen molar-refractivity contribution >= 4 is 28.2 Å². The molecule has 11 heteroatoms. The maximum Gasteiger partial charge on any atom is 0.273 e. The van der Waals surface area contributed by atoms with Crippen LogP contribution >= 0.6 is 11.3 Å². The van der Waals surface area contributed by atoms with Crippen molar-refractivity contribution in [2.75, 3.05) is 64.5 Å². The fourth-order valence-electron chi connectivity index (χ4n) is 4.00. The predicted molar refractivity (Wildman–Crippen MR) is 135 cm³/mol. The van der Waals surface area contributed by atoms with Crippen molar-refractivity contribution in [1.29, 1.82) is 5.26 Å². The van der Waals surface area contributed by atoms with E-state index < -0.39 is 0 Å². The molecule has 1 amide bonds. The molecule has 1 saturated heterocycles. The second kappa shape index (κ2) is 14.0. The summed E-state index contributed by atoms with van der Waals surface area (Å²) >= 11 is 1.36. The first-order valence-electron chi connectivity index (χ1n) is 12.2. The molecule has 1 N–H and O–H groups in total. The number of nitrogens with one attached hydrogen (secondary N) is 1. The first kappa shape index (κ1) is 26.9. The van der Waals surface area contributed by atoms with E-state index in [0.29, 0.717) is 62.7 Å². The van der Waals surface area contributed by atoms with Gasteiger partial charge in [0.2, 0.25) is 0 Å². The summed E-state index contributed by atoms with van der Waals surface area (Å²) in [5.74, 6) is 1.48. The number of aryl methyl sites for hydroxylation is 1. The van der Waals surface area contributed by atoms with Crippen molar-refractivity contribution < 1.29 is 14.3 Å². The molecule has 0 unspecified atom stereocenters. The normalized spacial score (nSPS) is 16.1. The van der Waals surface area contributed by atoms with Gasteiger partial charge < -0.3 is 19.7 Å². The molecule has 3 rings (SSSR count). The molecule has 190 valence electrons. The predicted octanol–water partition coefficient (Wildman–Crippen LogP) is 3.20. The van der Waals surface area contributed by atoms with E-state index in [4.69, 9.17) is 19.7 Å². The lowest BCUT2D eigenvalue weighted by molar-refractivity contribution is 0.0546. The Kier molecular flexibility index (Phi) is 10.8. The van der Waals surface area contributed by atoms with E-state index >= 15 is 0 Å². The summed E-state index contributed by atoms with van der Waals surface area (Å²) in [4.78, 5) is 30.9. The quantitative estimate of drug-likeness (QED) is 0.326. The first-order chi connectivity index (χ1) is 17.0. The molecule has 35 heavy (non-hydrogen) atoms. The summed E-state index contributed by atoms with van der Waals surface area (Å²) in [6, 6.07) is 4.11. The van der Waals surface area contributed by atoms with Crippen molar-refractivity contribution in [2.45, 2.75) is 39.5 Å². The zero-order valence-corrected chi connectivity index (χ0v) is 21.6. The van der Waals surface area contributed by atoms with Gasteiger partial charge in [-0.2, -0.15) is 5.26 Å². The molecule has 1 atom stereocenters. The van der Waals surface area contributed by atoms with Crippen LogP contribution < -0.4 is 5.32 Å². The number of hydrogen-bond donors (Lipinski definition) is 1. The van der Waals surface area contributed by atoms with Gasteiger partial charge in [0, 0.05) is 55.9 Å². The van der Waals surface area contributed by atoms with Crippen molar-refractivity contribution in [3.05, 3.63) is 28.7 Å². The average molecular weight is 502 g/mol. The van der Waals surface area contributed by atoms with Gasteiger partial charge in [0.05, 0.1) is 25.8 Å². The van der Waals surface area contributed by atoms with Crippen LogP contribution in [0, 0.1) is 18.3 Å². The minimum atomic E-state index is -0.145. The van der Waals surface area contributed by atoms with Gasteiger partial charge >= 0.3 is 0 Å². The van der Waals surface area contributed by atoms with Gasteiger partial charge in [-0.05, 0) is 40.2 Å². The van der Waals surface area contributed by atoms with Crippen molar-refractivity contribution in [3.63, 3.8) is 0 Å². The van der Waals surface area contributed by atoms with Crippen LogP contribution in [-0.4, -0.2) is 89.8 Å². The van der Waals surface area contributed by atoms with E-state index in [2.05, 4.69) is 26.3 Å². The highest BCUT2D eigenvalue weighted by Gasteiger charge is 2.24. The van der Waals surface area contributed by atoms with Gasteiger partial charge in [-0.1, -0.05) is 0 Å². The Morgan fingerprint density at radius 2 is 2.00 bits per heavy atom. The maximum absolute atomic E-state index is 13.1. The van der Waals surface area contributed by atoms with Crippen LogP contribution in [0.1, 0.15) is 54.6 Å². The molecular weight excluding hydrogens is 466 g/mol. The number of likely N-dealkylation sites (tertiary alicyclic amines) is 1. The Labute approximate surface area is 211 Å². The highest BCUT2D eigenvalue weighted by atomic mass is 32.1. The number of ether oxygens (including phenoxy) is 2. The smallest absolute Gasteiger partial charge is 0.273 e. The minimum Gasteiger partial charge on any atom is -0.380 e. The summed E-state index contributed by atoms with van der Waals surface area (Å²) in [5, 5.41) is 14.6. The standard InChI is InChI=1S/C24H35N7O3S/c1-4-33-13-11-31(12-14-34-5-2)23(32)20-17-35-24(27-20)29-21-15-18(3)26-22(28-21)19-7-6-9-30(16-19)10-8-25/h15,17,19H,4-7,9-14,16H2,1-3H3,(H,26,27,28,29)/t19-/m1/s1. The van der Waals surface area contributed by atoms with Crippen LogP contribution in [-0.2, 0) is 9.47 Å². The number of amides is 1. The summed E-state index contributed by atoms with van der Waals surface area (Å²) < 4.78 is 10.9. The second-order valence-corrected chi connectivity index (χ2v) is 9.19. The van der Waals surface area contributed by atoms with Crippen LogP contribution in [0.25, 0.3) is 0 Å². The van der Waals surface area contributed by atoms with Crippen LogP contribution in [0.4, 0.5) is 10.9 Å². The number of aromatic nitrogens is 3. The Balaban J connectivity index is 1.68. The van der Waals surface area contributed by atoms with Gasteiger partial charge in [0.1, 0.15) is 17.3 Å². The zero-order valence-electron chi connectivity index (χ0n) is 20.8. The Hall–Kier alpha value is -2.65. The number of carbonyl (C=O) groups is 1. The molecule has 0 aliphatic carbocycles. The Morgan fingerprint density at radius 1 is 1.26 bits per heavy atom. The molecular formula is C24H35N7O3S. The van der Waals surface area contributed by atoms with Crippen LogP contribution in [0.5, 0.6) is 0 Å². The molecule has 0 aromatic carbocycles. The number of rotatable bonds is 13. The minimum absolute atomic E-state index is 0.145. The van der Waals surface area contributed by atoms with Crippen molar-refractivity contribution in [1.82, 2.24) is 24.8 Å². The number of anilines is 2. The van der Waals surface area contributed by atoms with Gasteiger partial charge in [-0.15, -0.1) is 11.3 Å². The van der Waals surface area contributed by atoms with Crippen molar-refractivity contribution in [3.8, 4) is 6.07 Å². The Morgan fingerprint density at radius 3 is 2.69 bits per heavy atom. The molecule has 10 nitrogen and oxygen atoms in total. The van der Waals surface area contributed by atoms with Crippen LogP contribution in [0.15, 0.2) is 11.4 Å². The number of hydrogen-bond acceptors (Lipinski definition) is 10. The third-order valence-corrected chi connectivity index (χ3v) is 6.46. The molecule has 0 spiro atoms. The molecule has 0 bridgehead atoms. The molecule has 2 aromatic heterocycles. The molecule has 0 radical (unpaired) electrons. The van der Waals surface area contributed by atoms with Gasteiger partial charge in [-0.3, -0.25) is 9.69 Å². The Bertz CT molecular complexity index is 984. The molecule has 0 saturated carbocycles. The largest absolute Gasteiger partial charge is 0.380 e. The van der Waals surface area contributed by atoms with E-state index in [1.807, 2.05) is 26.8 Å². The molecule has 3 heterocycles. The van der Waals surface area contributed by atoms with Gasteiger partial charge in [-0.25, -0.2) is 15.0 Å². The van der Waals surface area contributed by atoms with E-state index in [9.17, 15) is 4.79 Å². The highest BCUT2D eigenvalue weighted by Crippen LogP contribution is 2.27. The zero-order chi connectivity index (χ0) is 25.0. The number of piperidine rings is 1. The maximum atomic E-state index is 13.1. The van der Waals surface area contributed by atoms with E-state index in [1.165, 1.54) is 11.3 Å². The molecule has 2 aromatic rings. The molecule has 1 fully saturated rings. The van der Waals surface area contributed by atoms with E-state index in [0.717, 1.165) is 37.4 Å². The topological polar surface area (TPSA) is 116 Å². The third kappa shape index (κ3) is 8.21. The lowest BCUT2D eigenvalue weighted by atomic mass is 9.97. The van der Waals surface area contributed by atoms with Crippen LogP contribution in [0.2, 0.25) is 0 Å². The number of nitriles is 1. The lowest BCUT2D eigenvalue weighted by Crippen LogP contribution is -2.37. The fourth-order valence-corrected chi connectivity index (χ4v) is 4.69. The fraction of sp³-hybridized carbons (Fsp3) is 0.625. The molecule has 1 aliphatic rings. The summed E-state index contributed by atoms with van der Waals surface area (Å²) in [5.41, 5.74) is 1.25. The van der Waals surface area contributed by atoms with Crippen LogP contribution in [0.3, 0.4) is 0 Å². The lowest BCUT2D eigenvalue weighted by Gasteiger charge is -2.30. The van der Waals surface area contributed by atoms with E-state index in [-0.39, 0.29) is 11.8 Å². The number of thiazole rings is 1.